The molecule has 37 heavy (non-hydrogen) atoms. The third kappa shape index (κ3) is 7.78. The summed E-state index contributed by atoms with van der Waals surface area (Å²) in [6, 6.07) is 22.0. The Labute approximate surface area is 212 Å². The van der Waals surface area contributed by atoms with Gasteiger partial charge in [0.15, 0.2) is 0 Å². The van der Waals surface area contributed by atoms with Gasteiger partial charge in [-0.3, -0.25) is 9.59 Å². The van der Waals surface area contributed by atoms with Crippen molar-refractivity contribution >= 4 is 28.6 Å². The second-order valence-corrected chi connectivity index (χ2v) is 8.65. The van der Waals surface area contributed by atoms with Crippen molar-refractivity contribution in [3.05, 3.63) is 83.4 Å². The topological polar surface area (TPSA) is 108 Å². The van der Waals surface area contributed by atoms with Crippen LogP contribution in [-0.2, 0) is 16.0 Å². The van der Waals surface area contributed by atoms with E-state index in [9.17, 15) is 22.8 Å². The monoisotopic (exact) mass is 515 g/mol. The third-order valence-corrected chi connectivity index (χ3v) is 5.91. The molecule has 0 bridgehead atoms. The van der Waals surface area contributed by atoms with Gasteiger partial charge in [-0.25, -0.2) is 4.79 Å². The first kappa shape index (κ1) is 27.7. The van der Waals surface area contributed by atoms with Crippen LogP contribution in [-0.4, -0.2) is 48.2 Å². The summed E-state index contributed by atoms with van der Waals surface area (Å²) in [6.45, 7) is 3.66. The Hall–Kier alpha value is -3.92. The number of alkyl halides is 3. The van der Waals surface area contributed by atoms with Crippen LogP contribution in [0.25, 0.3) is 10.8 Å². The molecule has 3 aromatic rings. The van der Waals surface area contributed by atoms with Gasteiger partial charge in [-0.2, -0.15) is 13.2 Å². The van der Waals surface area contributed by atoms with Crippen molar-refractivity contribution in [2.75, 3.05) is 13.1 Å². The summed E-state index contributed by atoms with van der Waals surface area (Å²) in [4.78, 5) is 34.1. The van der Waals surface area contributed by atoms with Gasteiger partial charge in [0, 0.05) is 25.1 Å². The van der Waals surface area contributed by atoms with Crippen LogP contribution in [0.1, 0.15) is 40.9 Å². The van der Waals surface area contributed by atoms with E-state index in [-0.39, 0.29) is 23.9 Å². The van der Waals surface area contributed by atoms with Gasteiger partial charge < -0.3 is 21.1 Å². The van der Waals surface area contributed by atoms with Gasteiger partial charge in [-0.1, -0.05) is 60.7 Å². The number of amides is 2. The molecule has 1 aliphatic rings. The second kappa shape index (κ2) is 12.4. The van der Waals surface area contributed by atoms with Crippen molar-refractivity contribution < 1.29 is 32.7 Å². The minimum Gasteiger partial charge on any atom is -0.475 e. The summed E-state index contributed by atoms with van der Waals surface area (Å²) in [6.07, 6.45) is -4.17. The first-order valence-electron chi connectivity index (χ1n) is 11.7. The number of benzene rings is 3. The molecule has 1 saturated heterocycles. The Bertz CT molecular complexity index is 1250. The number of carbonyl (C=O) groups is 3. The summed E-state index contributed by atoms with van der Waals surface area (Å²) < 4.78 is 31.7. The average Bonchev–Trinajstić information content (AvgIpc) is 2.84. The van der Waals surface area contributed by atoms with Crippen molar-refractivity contribution in [1.82, 2.24) is 16.0 Å². The fourth-order valence-electron chi connectivity index (χ4n) is 3.88. The predicted octanol–water partition coefficient (Wildman–Crippen LogP) is 3.98. The van der Waals surface area contributed by atoms with Crippen LogP contribution in [0.5, 0.6) is 0 Å². The molecule has 0 spiro atoms. The Morgan fingerprint density at radius 1 is 1.00 bits per heavy atom. The lowest BCUT2D eigenvalue weighted by atomic mass is 9.98. The maximum Gasteiger partial charge on any atom is 0.490 e. The SMILES string of the molecule is CC(NC(=O)c1ccccc1CCC(=O)NC1CNC1)c1cccc2ccccc12.O=C(O)C(F)(F)F. The van der Waals surface area contributed by atoms with Crippen LogP contribution in [0.4, 0.5) is 13.2 Å². The first-order valence-corrected chi connectivity index (χ1v) is 11.7. The zero-order valence-electron chi connectivity index (χ0n) is 20.1. The highest BCUT2D eigenvalue weighted by Gasteiger charge is 2.38. The molecule has 1 aliphatic heterocycles. The second-order valence-electron chi connectivity index (χ2n) is 8.65. The van der Waals surface area contributed by atoms with Crippen LogP contribution >= 0.6 is 0 Å². The molecule has 3 aromatic carbocycles. The van der Waals surface area contributed by atoms with E-state index in [2.05, 4.69) is 40.2 Å². The largest absolute Gasteiger partial charge is 0.490 e. The van der Waals surface area contributed by atoms with Gasteiger partial charge in [-0.05, 0) is 41.3 Å². The lowest BCUT2D eigenvalue weighted by molar-refractivity contribution is -0.192. The average molecular weight is 516 g/mol. The van der Waals surface area contributed by atoms with Gasteiger partial charge in [0.1, 0.15) is 0 Å². The van der Waals surface area contributed by atoms with Crippen LogP contribution in [0.2, 0.25) is 0 Å². The minimum absolute atomic E-state index is 0.0286. The van der Waals surface area contributed by atoms with E-state index in [4.69, 9.17) is 9.90 Å². The first-order chi connectivity index (χ1) is 17.6. The van der Waals surface area contributed by atoms with Gasteiger partial charge in [0.2, 0.25) is 5.91 Å². The molecular formula is C27H28F3N3O4. The van der Waals surface area contributed by atoms with Gasteiger partial charge in [0.05, 0.1) is 12.1 Å². The summed E-state index contributed by atoms with van der Waals surface area (Å²) in [5, 5.41) is 18.7. The molecule has 4 rings (SSSR count). The third-order valence-electron chi connectivity index (χ3n) is 5.91. The van der Waals surface area contributed by atoms with E-state index in [1.165, 1.54) is 0 Å². The number of hydrogen-bond donors (Lipinski definition) is 4. The van der Waals surface area contributed by atoms with Crippen molar-refractivity contribution in [3.8, 4) is 0 Å². The number of carboxylic acid groups (broad SMARTS) is 1. The van der Waals surface area contributed by atoms with Gasteiger partial charge in [0.25, 0.3) is 5.91 Å². The van der Waals surface area contributed by atoms with E-state index in [0.717, 1.165) is 35.0 Å². The van der Waals surface area contributed by atoms with Crippen LogP contribution in [0.15, 0.2) is 66.7 Å². The van der Waals surface area contributed by atoms with Crippen molar-refractivity contribution in [1.29, 1.82) is 0 Å². The smallest absolute Gasteiger partial charge is 0.475 e. The highest BCUT2D eigenvalue weighted by Crippen LogP contribution is 2.24. The number of aryl methyl sites for hydroxylation is 1. The fourth-order valence-corrected chi connectivity index (χ4v) is 3.88. The Kier molecular flexibility index (Phi) is 9.24. The molecule has 196 valence electrons. The number of carbonyl (C=O) groups excluding carboxylic acids is 2. The number of halogens is 3. The molecule has 10 heteroatoms. The standard InChI is InChI=1S/C25H27N3O2.C2HF3O2/c1-17(21-12-6-9-18-7-2-4-10-22(18)21)27-25(30)23-11-5-3-8-19(23)13-14-24(29)28-20-15-26-16-20;3-2(4,5)1(6)7/h2-12,17,20,26H,13-16H2,1H3,(H,27,30)(H,28,29);(H,6,7). The zero-order valence-corrected chi connectivity index (χ0v) is 20.1. The number of nitrogens with one attached hydrogen (secondary N) is 3. The van der Waals surface area contributed by atoms with Crippen molar-refractivity contribution in [3.63, 3.8) is 0 Å². The molecular weight excluding hydrogens is 487 g/mol. The quantitative estimate of drug-likeness (QED) is 0.381. The van der Waals surface area contributed by atoms with E-state index in [1.807, 2.05) is 49.4 Å². The summed E-state index contributed by atoms with van der Waals surface area (Å²) in [7, 11) is 0. The van der Waals surface area contributed by atoms with Crippen molar-refractivity contribution in [2.45, 2.75) is 38.0 Å². The Morgan fingerprint density at radius 3 is 2.27 bits per heavy atom. The summed E-state index contributed by atoms with van der Waals surface area (Å²) >= 11 is 0. The summed E-state index contributed by atoms with van der Waals surface area (Å²) in [5.74, 6) is -2.84. The number of hydrogen-bond acceptors (Lipinski definition) is 4. The van der Waals surface area contributed by atoms with Gasteiger partial charge >= 0.3 is 12.1 Å². The minimum atomic E-state index is -5.08. The Morgan fingerprint density at radius 2 is 1.62 bits per heavy atom. The zero-order chi connectivity index (χ0) is 27.0. The molecule has 0 aromatic heterocycles. The predicted molar refractivity (Wildman–Crippen MR) is 133 cm³/mol. The molecule has 0 saturated carbocycles. The maximum absolute atomic E-state index is 13.0. The van der Waals surface area contributed by atoms with E-state index < -0.39 is 12.1 Å². The highest BCUT2D eigenvalue weighted by atomic mass is 19.4. The molecule has 7 nitrogen and oxygen atoms in total. The molecule has 0 radical (unpaired) electrons. The molecule has 1 atom stereocenters. The molecule has 1 heterocycles. The number of aliphatic carboxylic acids is 1. The normalized spacial score (nSPS) is 14.1. The lowest BCUT2D eigenvalue weighted by Gasteiger charge is -2.28. The maximum atomic E-state index is 13.0. The van der Waals surface area contributed by atoms with E-state index >= 15 is 0 Å². The molecule has 1 fully saturated rings. The van der Waals surface area contributed by atoms with E-state index in [1.54, 1.807) is 0 Å². The molecule has 1 unspecified atom stereocenters. The number of carboxylic acids is 1. The lowest BCUT2D eigenvalue weighted by Crippen LogP contribution is -2.56. The van der Waals surface area contributed by atoms with Crippen LogP contribution in [0, 0.1) is 0 Å². The Balaban J connectivity index is 0.000000479. The molecule has 0 aliphatic carbocycles. The molecule has 4 N–H and O–H groups in total. The van der Waals surface area contributed by atoms with Gasteiger partial charge in [-0.15, -0.1) is 0 Å². The number of rotatable bonds is 7. The number of fused-ring (bicyclic) bond motifs is 1. The highest BCUT2D eigenvalue weighted by molar-refractivity contribution is 5.96. The van der Waals surface area contributed by atoms with Crippen LogP contribution in [0.3, 0.4) is 0 Å². The van der Waals surface area contributed by atoms with Crippen LogP contribution < -0.4 is 16.0 Å². The fraction of sp³-hybridized carbons (Fsp3) is 0.296. The van der Waals surface area contributed by atoms with E-state index in [0.29, 0.717) is 18.4 Å². The molecule has 2 amide bonds. The van der Waals surface area contributed by atoms with Crippen molar-refractivity contribution in [2.24, 2.45) is 0 Å². The summed E-state index contributed by atoms with van der Waals surface area (Å²) in [5.41, 5.74) is 2.61.